The van der Waals surface area contributed by atoms with E-state index in [2.05, 4.69) is 5.32 Å². The maximum Gasteiger partial charge on any atom is 0.264 e. The Kier molecular flexibility index (Phi) is 7.76. The highest BCUT2D eigenvalue weighted by atomic mass is 32.2. The van der Waals surface area contributed by atoms with Crippen LogP contribution in [0.25, 0.3) is 0 Å². The molecular formula is C26H30N2O4S. The van der Waals surface area contributed by atoms with Crippen molar-refractivity contribution >= 4 is 27.3 Å². The number of rotatable bonds is 9. The molecule has 0 radical (unpaired) electrons. The Morgan fingerprint density at radius 3 is 2.09 bits per heavy atom. The minimum absolute atomic E-state index is 0.106. The molecule has 0 unspecified atom stereocenters. The van der Waals surface area contributed by atoms with Crippen LogP contribution in [0.2, 0.25) is 0 Å². The summed E-state index contributed by atoms with van der Waals surface area (Å²) in [4.78, 5) is 13.3. The molecule has 1 N–H and O–H groups in total. The van der Waals surface area contributed by atoms with Gasteiger partial charge in [-0.2, -0.15) is 0 Å². The van der Waals surface area contributed by atoms with Crippen molar-refractivity contribution in [2.45, 2.75) is 38.5 Å². The third-order valence-corrected chi connectivity index (χ3v) is 7.29. The van der Waals surface area contributed by atoms with Crippen LogP contribution in [0.3, 0.4) is 0 Å². The van der Waals surface area contributed by atoms with Gasteiger partial charge in [0.1, 0.15) is 12.3 Å². The van der Waals surface area contributed by atoms with Crippen LogP contribution in [0.15, 0.2) is 71.6 Å². The van der Waals surface area contributed by atoms with Crippen LogP contribution in [0.4, 0.5) is 11.4 Å². The summed E-state index contributed by atoms with van der Waals surface area (Å²) in [5.74, 6) is -0.0589. The van der Waals surface area contributed by atoms with Crippen LogP contribution >= 0.6 is 0 Å². The van der Waals surface area contributed by atoms with E-state index in [9.17, 15) is 13.2 Å². The molecule has 0 bridgehead atoms. The van der Waals surface area contributed by atoms with Crippen molar-refractivity contribution in [3.8, 4) is 5.75 Å². The molecule has 0 saturated carbocycles. The van der Waals surface area contributed by atoms with Crippen molar-refractivity contribution in [1.82, 2.24) is 0 Å². The standard InChI is InChI=1S/C26H30N2O4S/c1-5-20-10-9-11-21(6-2)26(20)27-25(29)18-28(23-12-7-8-13-24(23)32-4)33(30,31)22-16-14-19(3)15-17-22/h7-17H,5-6,18H2,1-4H3,(H,27,29). The maximum absolute atomic E-state index is 13.6. The lowest BCUT2D eigenvalue weighted by Crippen LogP contribution is -2.38. The number of carbonyl (C=O) groups is 1. The van der Waals surface area contributed by atoms with Gasteiger partial charge in [0.25, 0.3) is 10.0 Å². The van der Waals surface area contributed by atoms with Crippen molar-refractivity contribution in [3.63, 3.8) is 0 Å². The summed E-state index contributed by atoms with van der Waals surface area (Å²) in [6.45, 7) is 5.54. The van der Waals surface area contributed by atoms with E-state index in [1.165, 1.54) is 7.11 Å². The first-order chi connectivity index (χ1) is 15.8. The van der Waals surface area contributed by atoms with Crippen molar-refractivity contribution in [2.75, 3.05) is 23.3 Å². The number of hydrogen-bond donors (Lipinski definition) is 1. The number of nitrogens with zero attached hydrogens (tertiary/aromatic N) is 1. The van der Waals surface area contributed by atoms with Crippen LogP contribution in [0.1, 0.15) is 30.5 Å². The van der Waals surface area contributed by atoms with Crippen LogP contribution < -0.4 is 14.4 Å². The molecular weight excluding hydrogens is 436 g/mol. The molecule has 0 aliphatic rings. The molecule has 0 fully saturated rings. The molecule has 0 saturated heterocycles. The van der Waals surface area contributed by atoms with Gasteiger partial charge in [-0.25, -0.2) is 8.42 Å². The number of amides is 1. The van der Waals surface area contributed by atoms with Crippen LogP contribution in [0, 0.1) is 6.92 Å². The lowest BCUT2D eigenvalue weighted by atomic mass is 10.0. The van der Waals surface area contributed by atoms with Gasteiger partial charge in [-0.1, -0.05) is 61.9 Å². The van der Waals surface area contributed by atoms with Crippen molar-refractivity contribution in [1.29, 1.82) is 0 Å². The normalized spacial score (nSPS) is 11.2. The molecule has 3 rings (SSSR count). The number of benzene rings is 3. The number of sulfonamides is 1. The third kappa shape index (κ3) is 5.37. The number of para-hydroxylation sites is 3. The summed E-state index contributed by atoms with van der Waals surface area (Å²) in [5.41, 5.74) is 4.01. The molecule has 3 aromatic rings. The molecule has 0 aliphatic heterocycles. The first-order valence-electron chi connectivity index (χ1n) is 10.9. The predicted octanol–water partition coefficient (Wildman–Crippen LogP) is 4.96. The number of aryl methyl sites for hydroxylation is 3. The molecule has 7 heteroatoms. The minimum atomic E-state index is -4.03. The Labute approximate surface area is 196 Å². The van der Waals surface area contributed by atoms with Gasteiger partial charge in [0, 0.05) is 5.69 Å². The van der Waals surface area contributed by atoms with Crippen molar-refractivity contribution in [3.05, 3.63) is 83.4 Å². The zero-order chi connectivity index (χ0) is 24.0. The van der Waals surface area contributed by atoms with Gasteiger partial charge in [-0.3, -0.25) is 9.10 Å². The zero-order valence-electron chi connectivity index (χ0n) is 19.5. The lowest BCUT2D eigenvalue weighted by Gasteiger charge is -2.26. The molecule has 33 heavy (non-hydrogen) atoms. The summed E-state index contributed by atoms with van der Waals surface area (Å²) < 4.78 is 33.8. The van der Waals surface area contributed by atoms with Crippen LogP contribution in [-0.2, 0) is 27.7 Å². The second-order valence-corrected chi connectivity index (χ2v) is 9.57. The van der Waals surface area contributed by atoms with Crippen LogP contribution in [0.5, 0.6) is 5.75 Å². The van der Waals surface area contributed by atoms with Crippen molar-refractivity contribution in [2.24, 2.45) is 0 Å². The largest absolute Gasteiger partial charge is 0.495 e. The summed E-state index contributed by atoms with van der Waals surface area (Å²) >= 11 is 0. The summed E-state index contributed by atoms with van der Waals surface area (Å²) in [6, 6.07) is 19.2. The smallest absolute Gasteiger partial charge is 0.264 e. The summed E-state index contributed by atoms with van der Waals surface area (Å²) in [5, 5.41) is 2.97. The van der Waals surface area contributed by atoms with E-state index in [0.29, 0.717) is 11.4 Å². The number of hydrogen-bond acceptors (Lipinski definition) is 4. The molecule has 0 heterocycles. The van der Waals surface area contributed by atoms with Gasteiger partial charge in [0.2, 0.25) is 5.91 Å². The Bertz CT molecular complexity index is 1200. The van der Waals surface area contributed by atoms with Crippen LogP contribution in [-0.4, -0.2) is 28.0 Å². The molecule has 0 aromatic heterocycles. The fraction of sp³-hybridized carbons (Fsp3) is 0.269. The number of anilines is 2. The average molecular weight is 467 g/mol. The average Bonchev–Trinajstić information content (AvgIpc) is 2.82. The van der Waals surface area contributed by atoms with E-state index in [1.807, 2.05) is 39.0 Å². The van der Waals surface area contributed by atoms with Gasteiger partial charge < -0.3 is 10.1 Å². The van der Waals surface area contributed by atoms with Gasteiger partial charge in [-0.05, 0) is 55.2 Å². The fourth-order valence-corrected chi connectivity index (χ4v) is 5.12. The summed E-state index contributed by atoms with van der Waals surface area (Å²) in [6.07, 6.45) is 1.50. The maximum atomic E-state index is 13.6. The SMILES string of the molecule is CCc1cccc(CC)c1NC(=O)CN(c1ccccc1OC)S(=O)(=O)c1ccc(C)cc1. The van der Waals surface area contributed by atoms with Crippen molar-refractivity contribution < 1.29 is 17.9 Å². The zero-order valence-corrected chi connectivity index (χ0v) is 20.3. The lowest BCUT2D eigenvalue weighted by molar-refractivity contribution is -0.114. The number of carbonyl (C=O) groups excluding carboxylic acids is 1. The second-order valence-electron chi connectivity index (χ2n) is 7.70. The molecule has 174 valence electrons. The Hall–Kier alpha value is -3.32. The highest BCUT2D eigenvalue weighted by Gasteiger charge is 2.29. The van der Waals surface area contributed by atoms with Gasteiger partial charge in [0.05, 0.1) is 17.7 Å². The van der Waals surface area contributed by atoms with Gasteiger partial charge in [0.15, 0.2) is 0 Å². The monoisotopic (exact) mass is 466 g/mol. The molecule has 3 aromatic carbocycles. The molecule has 0 atom stereocenters. The van der Waals surface area contributed by atoms with E-state index >= 15 is 0 Å². The number of nitrogens with one attached hydrogen (secondary N) is 1. The Balaban J connectivity index is 2.03. The number of ether oxygens (including phenoxy) is 1. The van der Waals surface area contributed by atoms with Gasteiger partial charge in [-0.15, -0.1) is 0 Å². The quantitative estimate of drug-likeness (QED) is 0.483. The topological polar surface area (TPSA) is 75.7 Å². The first kappa shape index (κ1) is 24.3. The molecule has 6 nitrogen and oxygen atoms in total. The molecule has 1 amide bonds. The van der Waals surface area contributed by atoms with E-state index in [0.717, 1.165) is 39.5 Å². The summed E-state index contributed by atoms with van der Waals surface area (Å²) in [7, 11) is -2.56. The second kappa shape index (κ2) is 10.5. The number of methoxy groups -OCH3 is 1. The minimum Gasteiger partial charge on any atom is -0.495 e. The fourth-order valence-electron chi connectivity index (χ4n) is 3.69. The van der Waals surface area contributed by atoms with E-state index in [4.69, 9.17) is 4.74 Å². The van der Waals surface area contributed by atoms with E-state index in [-0.39, 0.29) is 4.90 Å². The third-order valence-electron chi connectivity index (χ3n) is 5.51. The first-order valence-corrected chi connectivity index (χ1v) is 12.4. The highest BCUT2D eigenvalue weighted by molar-refractivity contribution is 7.92. The molecule has 0 aliphatic carbocycles. The highest BCUT2D eigenvalue weighted by Crippen LogP contribution is 2.32. The Morgan fingerprint density at radius 2 is 1.52 bits per heavy atom. The Morgan fingerprint density at radius 1 is 0.909 bits per heavy atom. The van der Waals surface area contributed by atoms with E-state index < -0.39 is 22.5 Å². The van der Waals surface area contributed by atoms with Gasteiger partial charge >= 0.3 is 0 Å². The molecule has 0 spiro atoms. The van der Waals surface area contributed by atoms with E-state index in [1.54, 1.807) is 48.5 Å². The predicted molar refractivity (Wildman–Crippen MR) is 133 cm³/mol.